The van der Waals surface area contributed by atoms with Gasteiger partial charge >= 0.3 is 0 Å². The molecule has 11 nitrogen and oxygen atoms in total. The third-order valence-corrected chi connectivity index (χ3v) is 11.3. The van der Waals surface area contributed by atoms with Crippen LogP contribution in [-0.4, -0.2) is 80.3 Å². The molecule has 11 heteroatoms. The number of phenols is 1. The summed E-state index contributed by atoms with van der Waals surface area (Å²) in [6, 6.07) is 1.97. The maximum absolute atomic E-state index is 13.3. The molecule has 5 saturated heterocycles. The first-order chi connectivity index (χ1) is 21.8. The second kappa shape index (κ2) is 9.76. The quantitative estimate of drug-likeness (QED) is 0.470. The molecule has 1 N–H and O–H groups in total. The lowest BCUT2D eigenvalue weighted by Gasteiger charge is -2.51. The summed E-state index contributed by atoms with van der Waals surface area (Å²) in [5.74, 6) is -1.44. The average molecular weight is 625 g/mol. The van der Waals surface area contributed by atoms with Gasteiger partial charge in [-0.15, -0.1) is 0 Å². The molecule has 8 atom stereocenters. The Bertz CT molecular complexity index is 1590. The first-order valence-electron chi connectivity index (χ1n) is 16.4. The number of ether oxygens (including phenoxy) is 9. The van der Waals surface area contributed by atoms with Crippen molar-refractivity contribution < 1.29 is 52.5 Å². The molecule has 242 valence electrons. The Morgan fingerprint density at radius 3 is 2.62 bits per heavy atom. The van der Waals surface area contributed by atoms with Crippen molar-refractivity contribution in [3.8, 4) is 17.2 Å². The van der Waals surface area contributed by atoms with Crippen molar-refractivity contribution in [1.29, 1.82) is 0 Å². The summed E-state index contributed by atoms with van der Waals surface area (Å²) in [7, 11) is 1.60. The van der Waals surface area contributed by atoms with Gasteiger partial charge in [0.15, 0.2) is 18.2 Å². The standard InChI is InChI=1S/C34H40O11/c1-5-18-14-40-22(13-16(18)2)42-33-30-29(44-34(45-30,32(33)15-41-32)31-38-10-7-11-39-31)23-17(3)12-20-25(28(23)43-33)26(36)24-19(27(20)37-4)8-6-9-21(24)35/h12,16,18,22,29-31,36H,5-11,13-15H2,1-4H3/t16?,18?,22-,29?,30?,32?,33?,34+/m0/s1. The van der Waals surface area contributed by atoms with Gasteiger partial charge in [-0.25, -0.2) is 0 Å². The van der Waals surface area contributed by atoms with Crippen LogP contribution in [0.25, 0.3) is 10.8 Å². The maximum Gasteiger partial charge on any atom is 0.279 e. The number of Topliss-reactive ketones (excluding diaryl/α,β-unsaturated/α-hetero) is 1. The Morgan fingerprint density at radius 1 is 1.11 bits per heavy atom. The lowest BCUT2D eigenvalue weighted by atomic mass is 9.78. The van der Waals surface area contributed by atoms with Crippen LogP contribution in [0.4, 0.5) is 0 Å². The molecule has 9 rings (SSSR count). The number of carbonyl (C=O) groups excluding carboxylic acids is 1. The Balaban J connectivity index is 1.26. The summed E-state index contributed by atoms with van der Waals surface area (Å²) in [5, 5.41) is 13.0. The molecule has 1 spiro atoms. The van der Waals surface area contributed by atoms with Crippen molar-refractivity contribution in [2.75, 3.05) is 33.5 Å². The van der Waals surface area contributed by atoms with Crippen LogP contribution in [0.3, 0.4) is 0 Å². The van der Waals surface area contributed by atoms with Gasteiger partial charge in [0, 0.05) is 29.4 Å². The fraction of sp³-hybridized carbons (Fsp3) is 0.676. The number of methoxy groups -OCH3 is 1. The topological polar surface area (TPSA) is 124 Å². The molecule has 0 saturated carbocycles. The molecule has 0 radical (unpaired) electrons. The molecule has 6 unspecified atom stereocenters. The molecule has 6 heterocycles. The molecule has 6 aliphatic heterocycles. The number of hydrogen-bond acceptors (Lipinski definition) is 11. The molecule has 1 aliphatic carbocycles. The Morgan fingerprint density at radius 2 is 1.91 bits per heavy atom. The van der Waals surface area contributed by atoms with Crippen molar-refractivity contribution in [2.45, 2.75) is 101 Å². The fourth-order valence-electron chi connectivity index (χ4n) is 8.94. The number of aryl methyl sites for hydroxylation is 1. The number of epoxide rings is 1. The molecule has 0 aromatic heterocycles. The lowest BCUT2D eigenvalue weighted by molar-refractivity contribution is -0.384. The van der Waals surface area contributed by atoms with Crippen LogP contribution < -0.4 is 9.47 Å². The molecule has 2 aromatic rings. The molecular formula is C34H40O11. The first kappa shape index (κ1) is 28.7. The number of ketones is 1. The van der Waals surface area contributed by atoms with Gasteiger partial charge in [-0.05, 0) is 49.7 Å². The molecule has 45 heavy (non-hydrogen) atoms. The largest absolute Gasteiger partial charge is 0.506 e. The monoisotopic (exact) mass is 624 g/mol. The highest BCUT2D eigenvalue weighted by molar-refractivity contribution is 6.11. The van der Waals surface area contributed by atoms with Gasteiger partial charge in [0.2, 0.25) is 11.9 Å². The molecule has 0 amide bonds. The smallest absolute Gasteiger partial charge is 0.279 e. The van der Waals surface area contributed by atoms with Crippen molar-refractivity contribution in [1.82, 2.24) is 0 Å². The normalized spacial score (nSPS) is 40.0. The van der Waals surface area contributed by atoms with Gasteiger partial charge < -0.3 is 47.7 Å². The summed E-state index contributed by atoms with van der Waals surface area (Å²) in [5.41, 5.74) is 1.37. The van der Waals surface area contributed by atoms with Gasteiger partial charge in [-0.3, -0.25) is 4.79 Å². The number of aromatic hydroxyl groups is 1. The molecule has 2 aromatic carbocycles. The number of fused-ring (bicyclic) bond motifs is 8. The Labute approximate surface area is 261 Å². The van der Waals surface area contributed by atoms with Crippen LogP contribution in [0.1, 0.15) is 79.1 Å². The van der Waals surface area contributed by atoms with E-state index in [1.165, 1.54) is 0 Å². The highest BCUT2D eigenvalue weighted by Crippen LogP contribution is 2.72. The van der Waals surface area contributed by atoms with E-state index < -0.39 is 42.0 Å². The van der Waals surface area contributed by atoms with Gasteiger partial charge in [-0.2, -0.15) is 0 Å². The number of hydrogen-bond donors (Lipinski definition) is 1. The molecule has 5 fully saturated rings. The van der Waals surface area contributed by atoms with Crippen LogP contribution in [0.2, 0.25) is 0 Å². The zero-order valence-electron chi connectivity index (χ0n) is 26.1. The van der Waals surface area contributed by atoms with E-state index in [1.54, 1.807) is 7.11 Å². The minimum Gasteiger partial charge on any atom is -0.506 e. The molecular weight excluding hydrogens is 584 g/mol. The fourth-order valence-corrected chi connectivity index (χ4v) is 8.94. The lowest BCUT2D eigenvalue weighted by Crippen LogP contribution is -2.71. The van der Waals surface area contributed by atoms with Crippen LogP contribution in [-0.2, 0) is 39.6 Å². The number of carbonyl (C=O) groups is 1. The van der Waals surface area contributed by atoms with E-state index in [-0.39, 0.29) is 18.1 Å². The van der Waals surface area contributed by atoms with Crippen molar-refractivity contribution in [2.24, 2.45) is 11.8 Å². The van der Waals surface area contributed by atoms with Gasteiger partial charge in [0.1, 0.15) is 23.4 Å². The molecule has 2 bridgehead atoms. The van der Waals surface area contributed by atoms with Gasteiger partial charge in [0.25, 0.3) is 11.6 Å². The zero-order chi connectivity index (χ0) is 30.9. The van der Waals surface area contributed by atoms with E-state index in [0.717, 1.165) is 24.0 Å². The summed E-state index contributed by atoms with van der Waals surface area (Å²) >= 11 is 0. The van der Waals surface area contributed by atoms with E-state index in [1.807, 2.05) is 13.0 Å². The Kier molecular flexibility index (Phi) is 6.22. The summed E-state index contributed by atoms with van der Waals surface area (Å²) in [6.07, 6.45) is 1.29. The van der Waals surface area contributed by atoms with Crippen LogP contribution in [0.5, 0.6) is 17.2 Å². The van der Waals surface area contributed by atoms with E-state index in [0.29, 0.717) is 90.7 Å². The van der Waals surface area contributed by atoms with Crippen molar-refractivity contribution in [3.63, 3.8) is 0 Å². The predicted octanol–water partition coefficient (Wildman–Crippen LogP) is 4.59. The summed E-state index contributed by atoms with van der Waals surface area (Å²) in [4.78, 5) is 13.3. The number of phenolic OH excluding ortho intramolecular Hbond substituents is 1. The van der Waals surface area contributed by atoms with Crippen molar-refractivity contribution in [3.05, 3.63) is 28.3 Å². The second-order valence-electron chi connectivity index (χ2n) is 13.7. The Hall–Kier alpha value is -2.51. The SMILES string of the molecule is CCC1CO[C@@H](OC23Oc4c(c(C)cc5c(OC)c6c(c(O)c45)C(=O)CCC6)C4O[C@](C5OCCCO5)(OC42)C32CO2)CC1C. The van der Waals surface area contributed by atoms with Gasteiger partial charge in [0.05, 0.1) is 44.5 Å². The summed E-state index contributed by atoms with van der Waals surface area (Å²) in [6.45, 7) is 8.16. The van der Waals surface area contributed by atoms with Crippen LogP contribution >= 0.6 is 0 Å². The minimum atomic E-state index is -1.52. The molecule has 7 aliphatic rings. The highest BCUT2D eigenvalue weighted by atomic mass is 16.9. The van der Waals surface area contributed by atoms with Crippen LogP contribution in [0, 0.1) is 18.8 Å². The third kappa shape index (κ3) is 3.52. The summed E-state index contributed by atoms with van der Waals surface area (Å²) < 4.78 is 58.8. The van der Waals surface area contributed by atoms with E-state index in [2.05, 4.69) is 13.8 Å². The average Bonchev–Trinajstić information content (AvgIpc) is 3.70. The van der Waals surface area contributed by atoms with Crippen LogP contribution in [0.15, 0.2) is 6.07 Å². The maximum atomic E-state index is 13.3. The minimum absolute atomic E-state index is 0.113. The number of rotatable bonds is 5. The predicted molar refractivity (Wildman–Crippen MR) is 156 cm³/mol. The second-order valence-corrected chi connectivity index (χ2v) is 13.7. The number of benzene rings is 2. The van der Waals surface area contributed by atoms with E-state index >= 15 is 0 Å². The highest BCUT2D eigenvalue weighted by Gasteiger charge is 2.94. The first-order valence-corrected chi connectivity index (χ1v) is 16.4. The van der Waals surface area contributed by atoms with Crippen molar-refractivity contribution >= 4 is 16.6 Å². The van der Waals surface area contributed by atoms with E-state index in [4.69, 9.17) is 42.6 Å². The van der Waals surface area contributed by atoms with Gasteiger partial charge in [-0.1, -0.05) is 20.3 Å². The third-order valence-electron chi connectivity index (χ3n) is 11.3. The zero-order valence-corrected chi connectivity index (χ0v) is 26.1. The van der Waals surface area contributed by atoms with E-state index in [9.17, 15) is 9.90 Å².